The van der Waals surface area contributed by atoms with Gasteiger partial charge in [0, 0.05) is 85.8 Å². The third kappa shape index (κ3) is 33.7. The summed E-state index contributed by atoms with van der Waals surface area (Å²) in [5.41, 5.74) is 14.3. The number of nitrogens with zero attached hydrogens (tertiary/aromatic N) is 1. The van der Waals surface area contributed by atoms with Crippen LogP contribution in [0.4, 0.5) is 4.79 Å². The highest BCUT2D eigenvalue weighted by Crippen LogP contribution is 2.33. The zero-order valence-corrected chi connectivity index (χ0v) is 76.5. The summed E-state index contributed by atoms with van der Waals surface area (Å²) in [4.78, 5) is 233. The van der Waals surface area contributed by atoms with Gasteiger partial charge in [-0.25, -0.2) is 9.78 Å². The van der Waals surface area contributed by atoms with Crippen molar-refractivity contribution < 1.29 is 102 Å². The Labute approximate surface area is 793 Å². The molecule has 15 atom stereocenters. The quantitative estimate of drug-likeness (QED) is 0.0131. The standard InChI is InChI=1S/C93H122N22O21S/c1-52(117)80(114-90(133)70(41-56-27-33-61(120)34-28-56)108-85(128)67(38-53-14-3-2-4-15-53)106-84(127)65-20-13-37-97-65)92(135)111-69(40-55-25-31-60(119)32-26-55)86(129)110-72(43-58-45-96-51-103-58)89(132)109-71(42-57-44-99-63-17-6-5-16-62(57)63)88(131)107-68(39-54-23-29-59(118)30-24-54)87(130)112-73(49-116)91(134)105-66(19-9-11-35-94)83(126)102-47-78(123)100-46-77(122)101-48-79(124)104-64(82(95)125)18-10-12-36-98-76(121)22-8-7-21-75-81-74(50-137-75)113-93(136)115-81/h2-6,14-17,23-34,44-45,51-52,64-75,80-81,97,99,116-120H,7-13,18-22,35-43,46-50,94H2,1H3,(H2,95,125)(H,96,103)(H,98,121)(H,100,123)(H,101,122)(H,102,126)(H,104,124)(H,105,134)(H,106,127)(H,107,131)(H,108,128)(H,109,132)(H,110,129)(H,111,135)(H,112,130)(H,114,133)(H2,113,115,136)/t52-,64+,65+,66+,67+,68+,69+,70+,71+,72+,73+,74+,75+,80+,81+/m1/s1. The molecule has 2 aromatic heterocycles. The number of nitrogens with one attached hydrogen (secondary N) is 19. The van der Waals surface area contributed by atoms with Crippen LogP contribution in [0.1, 0.15) is 117 Å². The van der Waals surface area contributed by atoms with E-state index in [0.29, 0.717) is 96.8 Å². The first-order valence-electron chi connectivity index (χ1n) is 45.6. The Morgan fingerprint density at radius 1 is 0.482 bits per heavy atom. The van der Waals surface area contributed by atoms with E-state index in [1.165, 1.54) is 92.2 Å². The number of H-pyrrole nitrogens is 2. The number of primary amides is 1. The summed E-state index contributed by atoms with van der Waals surface area (Å²) in [7, 11) is 0. The molecular formula is C93H122N22O21S. The predicted molar refractivity (Wildman–Crippen MR) is 501 cm³/mol. The van der Waals surface area contributed by atoms with Crippen LogP contribution in [0, 0.1) is 0 Å². The van der Waals surface area contributed by atoms with E-state index in [-0.39, 0.29) is 110 Å². The summed E-state index contributed by atoms with van der Waals surface area (Å²) in [5, 5.41) is 99.1. The number of benzene rings is 5. The molecule has 736 valence electrons. The fourth-order valence-electron chi connectivity index (χ4n) is 15.9. The largest absolute Gasteiger partial charge is 0.508 e. The number of aromatic nitrogens is 3. The maximum absolute atomic E-state index is 15.4. The second-order valence-electron chi connectivity index (χ2n) is 34.0. The van der Waals surface area contributed by atoms with E-state index in [1.54, 1.807) is 72.6 Å². The minimum Gasteiger partial charge on any atom is -0.508 e. The number of para-hydroxylation sites is 1. The number of aliphatic hydroxyl groups excluding tert-OH is 2. The Morgan fingerprint density at radius 2 is 0.978 bits per heavy atom. The molecule has 0 aliphatic carbocycles. The van der Waals surface area contributed by atoms with Crippen molar-refractivity contribution in [2.24, 2.45) is 11.5 Å². The van der Waals surface area contributed by atoms with E-state index < -0.39 is 188 Å². The molecule has 0 unspecified atom stereocenters. The number of phenols is 3. The monoisotopic (exact) mass is 1910 g/mol. The summed E-state index contributed by atoms with van der Waals surface area (Å²) in [6.45, 7) is -0.922. The molecule has 3 fully saturated rings. The highest BCUT2D eigenvalue weighted by atomic mass is 32.2. The third-order valence-corrected chi connectivity index (χ3v) is 24.9. The van der Waals surface area contributed by atoms with Gasteiger partial charge in [-0.2, -0.15) is 11.8 Å². The maximum atomic E-state index is 15.4. The number of thioether (sulfide) groups is 1. The number of hydrogen-bond donors (Lipinski definition) is 26. The molecule has 0 saturated carbocycles. The molecule has 7 aromatic rings. The number of carbonyl (C=O) groups is 16. The van der Waals surface area contributed by atoms with Crippen LogP contribution in [0.2, 0.25) is 0 Å². The van der Waals surface area contributed by atoms with Crippen molar-refractivity contribution in [3.63, 3.8) is 0 Å². The van der Waals surface area contributed by atoms with Crippen LogP contribution in [0.5, 0.6) is 17.2 Å². The molecule has 3 aliphatic heterocycles. The number of unbranched alkanes of at least 4 members (excludes halogenated alkanes) is 3. The maximum Gasteiger partial charge on any atom is 0.315 e. The van der Waals surface area contributed by atoms with Gasteiger partial charge in [0.05, 0.1) is 62.5 Å². The lowest BCUT2D eigenvalue weighted by molar-refractivity contribution is -0.137. The number of fused-ring (bicyclic) bond motifs is 2. The lowest BCUT2D eigenvalue weighted by atomic mass is 10.0. The molecule has 43 nitrogen and oxygen atoms in total. The van der Waals surface area contributed by atoms with Crippen LogP contribution in [-0.2, 0) is 110 Å². The first-order valence-corrected chi connectivity index (χ1v) is 46.6. The summed E-state index contributed by atoms with van der Waals surface area (Å²) >= 11 is 1.80. The van der Waals surface area contributed by atoms with Crippen molar-refractivity contribution in [2.75, 3.05) is 51.6 Å². The molecule has 0 bridgehead atoms. The minimum atomic E-state index is -1.90. The van der Waals surface area contributed by atoms with Gasteiger partial charge in [0.25, 0.3) is 0 Å². The van der Waals surface area contributed by atoms with E-state index in [4.69, 9.17) is 11.5 Å². The average Bonchev–Trinajstić information content (AvgIpc) is 1.69. The second-order valence-corrected chi connectivity index (χ2v) is 35.2. The topological polar surface area (TPSA) is 675 Å². The molecule has 17 amide bonds. The minimum absolute atomic E-state index is 0.00498. The van der Waals surface area contributed by atoms with Crippen molar-refractivity contribution in [1.82, 2.24) is 105 Å². The number of phenolic OH excluding ortho intramolecular Hbond substituents is 3. The van der Waals surface area contributed by atoms with E-state index in [1.807, 2.05) is 0 Å². The van der Waals surface area contributed by atoms with Crippen molar-refractivity contribution in [3.05, 3.63) is 180 Å². The van der Waals surface area contributed by atoms with E-state index in [2.05, 4.69) is 105 Å². The summed E-state index contributed by atoms with van der Waals surface area (Å²) in [6, 6.07) is 16.0. The highest BCUT2D eigenvalue weighted by molar-refractivity contribution is 8.00. The van der Waals surface area contributed by atoms with Crippen LogP contribution in [-0.4, -0.2) is 277 Å². The number of aromatic amines is 2. The van der Waals surface area contributed by atoms with E-state index in [9.17, 15) is 87.9 Å². The van der Waals surface area contributed by atoms with Crippen LogP contribution in [0.25, 0.3) is 10.9 Å². The SMILES string of the molecule is C[C@@H](O)[C@H](NC(=O)[C@H](Cc1ccc(O)cc1)NC(=O)[C@H](Cc1ccccc1)NC(=O)[C@@H]1CCCN1)C(=O)N[C@@H](Cc1ccc(O)cc1)C(=O)N[C@@H](Cc1c[nH]cn1)C(=O)N[C@@H](Cc1c[nH]c2ccccc12)C(=O)N[C@@H](Cc1ccc(O)cc1)C(=O)N[C@@H](CO)C(=O)N[C@@H](CCCCN)C(=O)NCC(=O)NCC(=O)NCC(=O)N[C@@H](CCCCNC(=O)CCCC[C@@H]1SC[C@@H]2NC(=O)N[C@@H]21)C(N)=O. The van der Waals surface area contributed by atoms with E-state index >= 15 is 14.4 Å². The first-order chi connectivity index (χ1) is 65.8. The van der Waals surface area contributed by atoms with E-state index in [0.717, 1.165) is 18.6 Å². The van der Waals surface area contributed by atoms with Gasteiger partial charge in [0.2, 0.25) is 88.6 Å². The molecule has 10 rings (SSSR count). The van der Waals surface area contributed by atoms with Gasteiger partial charge in [0.1, 0.15) is 77.7 Å². The number of carbonyl (C=O) groups excluding carboxylic acids is 16. The van der Waals surface area contributed by atoms with Crippen molar-refractivity contribution >= 4 is 117 Å². The highest BCUT2D eigenvalue weighted by Gasteiger charge is 2.44. The molecule has 3 saturated heterocycles. The molecule has 28 N–H and O–H groups in total. The lowest BCUT2D eigenvalue weighted by Crippen LogP contribution is -2.63. The Balaban J connectivity index is 0.782. The Hall–Kier alpha value is -14.2. The van der Waals surface area contributed by atoms with Gasteiger partial charge in [-0.15, -0.1) is 0 Å². The van der Waals surface area contributed by atoms with Gasteiger partial charge in [-0.1, -0.05) is 91.3 Å². The predicted octanol–water partition coefficient (Wildman–Crippen LogP) is -3.29. The number of imidazole rings is 1. The number of amides is 17. The molecule has 5 heterocycles. The number of aromatic hydroxyl groups is 3. The molecule has 0 radical (unpaired) electrons. The molecule has 5 aromatic carbocycles. The Kier molecular flexibility index (Phi) is 40.7. The number of urea groups is 1. The summed E-state index contributed by atoms with van der Waals surface area (Å²) in [6.07, 6.45) is 6.18. The smallest absolute Gasteiger partial charge is 0.315 e. The summed E-state index contributed by atoms with van der Waals surface area (Å²) < 4.78 is 0. The molecule has 44 heteroatoms. The third-order valence-electron chi connectivity index (χ3n) is 23.4. The summed E-state index contributed by atoms with van der Waals surface area (Å²) in [5.74, 6) is -12.8. The van der Waals surface area contributed by atoms with Crippen molar-refractivity contribution in [2.45, 2.75) is 212 Å². The van der Waals surface area contributed by atoms with Gasteiger partial charge in [-0.05, 0) is 155 Å². The Bertz CT molecular complexity index is 5260. The van der Waals surface area contributed by atoms with Gasteiger partial charge in [-0.3, -0.25) is 71.9 Å². The fraction of sp³-hybridized carbons (Fsp3) is 0.452. The van der Waals surface area contributed by atoms with Crippen molar-refractivity contribution in [3.8, 4) is 17.2 Å². The fourth-order valence-corrected chi connectivity index (χ4v) is 17.4. The molecular weight excluding hydrogens is 1790 g/mol. The van der Waals surface area contributed by atoms with Gasteiger partial charge >= 0.3 is 6.03 Å². The van der Waals surface area contributed by atoms with Crippen molar-refractivity contribution in [1.29, 1.82) is 0 Å². The number of hydrogen-bond acceptors (Lipinski definition) is 25. The van der Waals surface area contributed by atoms with Crippen LogP contribution in [0.15, 0.2) is 146 Å². The zero-order chi connectivity index (χ0) is 98.5. The second kappa shape index (κ2) is 53.2. The van der Waals surface area contributed by atoms with Crippen LogP contribution < -0.4 is 102 Å². The normalized spacial score (nSPS) is 17.2. The zero-order valence-electron chi connectivity index (χ0n) is 75.7. The lowest BCUT2D eigenvalue weighted by Gasteiger charge is -2.29. The van der Waals surface area contributed by atoms with Gasteiger partial charge in [0.15, 0.2) is 0 Å². The molecule has 0 spiro atoms. The Morgan fingerprint density at radius 3 is 1.53 bits per heavy atom. The first kappa shape index (κ1) is 105. The number of nitrogens with two attached hydrogens (primary N) is 2. The van der Waals surface area contributed by atoms with Crippen LogP contribution in [0.3, 0.4) is 0 Å². The number of rotatable bonds is 55. The molecule has 3 aliphatic rings. The number of aliphatic hydroxyl groups is 2. The average molecular weight is 1920 g/mol. The van der Waals surface area contributed by atoms with Crippen LogP contribution >= 0.6 is 11.8 Å². The van der Waals surface area contributed by atoms with Gasteiger partial charge < -0.3 is 137 Å². The molecule has 137 heavy (non-hydrogen) atoms.